The summed E-state index contributed by atoms with van der Waals surface area (Å²) in [7, 11) is 0. The molecule has 1 unspecified atom stereocenters. The first-order chi connectivity index (χ1) is 12.9. The van der Waals surface area contributed by atoms with Crippen molar-refractivity contribution in [2.24, 2.45) is 4.99 Å². The van der Waals surface area contributed by atoms with Crippen LogP contribution in [0.5, 0.6) is 0 Å². The van der Waals surface area contributed by atoms with Crippen molar-refractivity contribution in [2.75, 3.05) is 32.7 Å². The largest absolute Gasteiger partial charge is 0.403 e. The van der Waals surface area contributed by atoms with E-state index in [1.165, 1.54) is 11.8 Å². The quantitative estimate of drug-likeness (QED) is 0.629. The molecule has 10 heteroatoms. The predicted octanol–water partition coefficient (Wildman–Crippen LogP) is 1.65. The summed E-state index contributed by atoms with van der Waals surface area (Å²) >= 11 is 0. The first kappa shape index (κ1) is 19.9. The molecule has 27 heavy (non-hydrogen) atoms. The van der Waals surface area contributed by atoms with Crippen LogP contribution in [0.3, 0.4) is 0 Å². The molecule has 0 amide bonds. The number of nitrogens with one attached hydrogen (secondary N) is 1. The Morgan fingerprint density at radius 1 is 1.15 bits per heavy atom. The highest BCUT2D eigenvalue weighted by molar-refractivity contribution is 5.80. The molecule has 0 bridgehead atoms. The number of halogens is 3. The van der Waals surface area contributed by atoms with Crippen LogP contribution in [0.4, 0.5) is 13.2 Å². The highest BCUT2D eigenvalue weighted by Gasteiger charge is 2.41. The smallest absolute Gasteiger partial charge is 0.357 e. The Morgan fingerprint density at radius 3 is 2.56 bits per heavy atom. The Morgan fingerprint density at radius 2 is 1.89 bits per heavy atom. The summed E-state index contributed by atoms with van der Waals surface area (Å²) in [6.07, 6.45) is -0.963. The lowest BCUT2D eigenvalue weighted by molar-refractivity contribution is -0.181. The molecule has 1 aromatic heterocycles. The molecule has 3 heterocycles. The summed E-state index contributed by atoms with van der Waals surface area (Å²) in [6, 6.07) is -1.42. The van der Waals surface area contributed by atoms with Crippen LogP contribution in [0, 0.1) is 0 Å². The van der Waals surface area contributed by atoms with Gasteiger partial charge in [-0.2, -0.15) is 13.2 Å². The van der Waals surface area contributed by atoms with Crippen LogP contribution in [0.25, 0.3) is 0 Å². The number of aliphatic imine (C=N–C) groups is 1. The van der Waals surface area contributed by atoms with E-state index in [0.29, 0.717) is 39.3 Å². The van der Waals surface area contributed by atoms with Gasteiger partial charge in [-0.05, 0) is 26.7 Å². The van der Waals surface area contributed by atoms with Gasteiger partial charge in [0.1, 0.15) is 18.4 Å². The van der Waals surface area contributed by atoms with Gasteiger partial charge in [0.2, 0.25) is 0 Å². The second kappa shape index (κ2) is 8.45. The van der Waals surface area contributed by atoms with Crippen LogP contribution >= 0.6 is 0 Å². The van der Waals surface area contributed by atoms with E-state index in [4.69, 9.17) is 0 Å². The Kier molecular flexibility index (Phi) is 6.23. The third-order valence-electron chi connectivity index (χ3n) is 5.28. The molecular weight excluding hydrogens is 359 g/mol. The molecule has 1 saturated heterocycles. The molecule has 1 N–H and O–H groups in total. The van der Waals surface area contributed by atoms with Gasteiger partial charge in [-0.25, -0.2) is 4.99 Å². The highest BCUT2D eigenvalue weighted by Crippen LogP contribution is 2.25. The predicted molar refractivity (Wildman–Crippen MR) is 96.4 cm³/mol. The van der Waals surface area contributed by atoms with Gasteiger partial charge >= 0.3 is 6.18 Å². The third kappa shape index (κ3) is 4.72. The number of aromatic nitrogens is 3. The van der Waals surface area contributed by atoms with Crippen molar-refractivity contribution >= 4 is 5.96 Å². The summed E-state index contributed by atoms with van der Waals surface area (Å²) in [5.74, 6) is 2.60. The number of guanidine groups is 1. The number of hydrogen-bond donors (Lipinski definition) is 1. The molecular formula is C17H28F3N7. The lowest BCUT2D eigenvalue weighted by atomic mass is 10.2. The number of piperazine rings is 1. The zero-order chi connectivity index (χ0) is 19.4. The first-order valence-electron chi connectivity index (χ1n) is 9.65. The fourth-order valence-electron chi connectivity index (χ4n) is 3.58. The van der Waals surface area contributed by atoms with Gasteiger partial charge in [0.25, 0.3) is 0 Å². The normalized spacial score (nSPS) is 20.5. The van der Waals surface area contributed by atoms with Crippen LogP contribution in [0.15, 0.2) is 4.99 Å². The summed E-state index contributed by atoms with van der Waals surface area (Å²) in [5.41, 5.74) is 0. The Balaban J connectivity index is 1.62. The van der Waals surface area contributed by atoms with Crippen molar-refractivity contribution in [3.05, 3.63) is 11.6 Å². The van der Waals surface area contributed by atoms with Gasteiger partial charge in [-0.15, -0.1) is 10.2 Å². The monoisotopic (exact) mass is 387 g/mol. The van der Waals surface area contributed by atoms with E-state index < -0.39 is 12.2 Å². The maximum absolute atomic E-state index is 12.9. The van der Waals surface area contributed by atoms with E-state index in [9.17, 15) is 13.2 Å². The molecule has 0 radical (unpaired) electrons. The maximum atomic E-state index is 12.9. The summed E-state index contributed by atoms with van der Waals surface area (Å²) in [4.78, 5) is 8.18. The molecule has 2 aliphatic rings. The lowest BCUT2D eigenvalue weighted by Crippen LogP contribution is -2.56. The molecule has 0 aromatic carbocycles. The van der Waals surface area contributed by atoms with Crippen molar-refractivity contribution in [2.45, 2.75) is 58.4 Å². The van der Waals surface area contributed by atoms with E-state index >= 15 is 0 Å². The van der Waals surface area contributed by atoms with Gasteiger partial charge < -0.3 is 14.8 Å². The van der Waals surface area contributed by atoms with E-state index in [1.807, 2.05) is 11.8 Å². The zero-order valence-electron chi connectivity index (χ0n) is 16.0. The molecule has 0 aliphatic carbocycles. The zero-order valence-corrected chi connectivity index (χ0v) is 16.0. The lowest BCUT2D eigenvalue weighted by Gasteiger charge is -2.39. The van der Waals surface area contributed by atoms with Crippen molar-refractivity contribution in [1.82, 2.24) is 29.9 Å². The number of rotatable bonds is 4. The minimum Gasteiger partial charge on any atom is -0.357 e. The van der Waals surface area contributed by atoms with Crippen LogP contribution in [-0.4, -0.2) is 75.5 Å². The average Bonchev–Trinajstić information content (AvgIpc) is 3.07. The molecule has 7 nitrogen and oxygen atoms in total. The van der Waals surface area contributed by atoms with E-state index in [2.05, 4.69) is 25.1 Å². The average molecular weight is 387 g/mol. The number of fused-ring (bicyclic) bond motifs is 1. The summed E-state index contributed by atoms with van der Waals surface area (Å²) in [6.45, 7) is 7.03. The Hall–Kier alpha value is -1.84. The second-order valence-corrected chi connectivity index (χ2v) is 7.05. The molecule has 3 rings (SSSR count). The SMILES string of the molecule is CCNC(=NCc1nnc2n1CCCC2)N1CCN(C(C)C(F)(F)F)CC1. The number of hydrogen-bond acceptors (Lipinski definition) is 4. The van der Waals surface area contributed by atoms with Crippen LogP contribution in [0.2, 0.25) is 0 Å². The minimum absolute atomic E-state index is 0.366. The van der Waals surface area contributed by atoms with Crippen molar-refractivity contribution in [3.8, 4) is 0 Å². The van der Waals surface area contributed by atoms with Crippen molar-refractivity contribution in [3.63, 3.8) is 0 Å². The molecule has 1 fully saturated rings. The molecule has 1 atom stereocenters. The summed E-state index contributed by atoms with van der Waals surface area (Å²) in [5, 5.41) is 11.8. The molecule has 1 aromatic rings. The van der Waals surface area contributed by atoms with Gasteiger partial charge in [0.05, 0.1) is 0 Å². The van der Waals surface area contributed by atoms with Crippen LogP contribution in [0.1, 0.15) is 38.3 Å². The van der Waals surface area contributed by atoms with Crippen molar-refractivity contribution < 1.29 is 13.2 Å². The molecule has 0 spiro atoms. The number of alkyl halides is 3. The fourth-order valence-corrected chi connectivity index (χ4v) is 3.58. The minimum atomic E-state index is -4.19. The van der Waals surface area contributed by atoms with Crippen LogP contribution in [-0.2, 0) is 19.5 Å². The van der Waals surface area contributed by atoms with Crippen LogP contribution < -0.4 is 5.32 Å². The van der Waals surface area contributed by atoms with Crippen molar-refractivity contribution in [1.29, 1.82) is 0 Å². The standard InChI is InChI=1S/C17H28F3N7/c1-3-21-16(22-12-15-24-23-14-6-4-5-7-27(14)15)26-10-8-25(9-11-26)13(2)17(18,19)20/h13H,3-12H2,1-2H3,(H,21,22). The molecule has 152 valence electrons. The maximum Gasteiger partial charge on any atom is 0.403 e. The second-order valence-electron chi connectivity index (χ2n) is 7.05. The number of nitrogens with zero attached hydrogens (tertiary/aromatic N) is 6. The Labute approximate surface area is 157 Å². The van der Waals surface area contributed by atoms with E-state index in [-0.39, 0.29) is 0 Å². The first-order valence-corrected chi connectivity index (χ1v) is 9.65. The topological polar surface area (TPSA) is 61.6 Å². The van der Waals surface area contributed by atoms with Gasteiger partial charge in [-0.1, -0.05) is 0 Å². The highest BCUT2D eigenvalue weighted by atomic mass is 19.4. The van der Waals surface area contributed by atoms with E-state index in [0.717, 1.165) is 43.4 Å². The third-order valence-corrected chi connectivity index (χ3v) is 5.28. The van der Waals surface area contributed by atoms with Gasteiger partial charge in [-0.3, -0.25) is 4.90 Å². The molecule has 0 saturated carbocycles. The summed E-state index contributed by atoms with van der Waals surface area (Å²) < 4.78 is 40.9. The Bertz CT molecular complexity index is 647. The van der Waals surface area contributed by atoms with E-state index in [1.54, 1.807) is 0 Å². The fraction of sp³-hybridized carbons (Fsp3) is 0.824. The van der Waals surface area contributed by atoms with Gasteiger partial charge in [0, 0.05) is 45.7 Å². The van der Waals surface area contributed by atoms with Gasteiger partial charge in [0.15, 0.2) is 11.8 Å². The number of aryl methyl sites for hydroxylation is 1. The molecule has 2 aliphatic heterocycles.